The van der Waals surface area contributed by atoms with Crippen LogP contribution in [0.15, 0.2) is 29.2 Å². The number of nitrogens with two attached hydrogens (primary N) is 1. The van der Waals surface area contributed by atoms with E-state index in [1.807, 2.05) is 54.2 Å². The molecule has 1 aromatic carbocycles. The Kier molecular flexibility index (Phi) is 5.86. The molecule has 30 heavy (non-hydrogen) atoms. The number of aryl methyl sites for hydroxylation is 3. The summed E-state index contributed by atoms with van der Waals surface area (Å²) in [6, 6.07) is 7.75. The Balaban J connectivity index is 1.52. The van der Waals surface area contributed by atoms with Gasteiger partial charge in [0, 0.05) is 31.6 Å². The van der Waals surface area contributed by atoms with E-state index < -0.39 is 11.0 Å². The predicted molar refractivity (Wildman–Crippen MR) is 121 cm³/mol. The van der Waals surface area contributed by atoms with Crippen LogP contribution in [0.4, 0.5) is 5.69 Å². The first-order valence-electron chi connectivity index (χ1n) is 9.91. The maximum Gasteiger partial charge on any atom is 0.266 e. The van der Waals surface area contributed by atoms with Gasteiger partial charge in [0.1, 0.15) is 20.7 Å². The number of anilines is 1. The molecule has 9 heteroatoms. The molecule has 7 nitrogen and oxygen atoms in total. The Morgan fingerprint density at radius 1 is 1.07 bits per heavy atom. The van der Waals surface area contributed by atoms with Gasteiger partial charge < -0.3 is 10.6 Å². The van der Waals surface area contributed by atoms with Crippen LogP contribution in [0, 0.1) is 20.8 Å². The molecule has 1 atom stereocenters. The van der Waals surface area contributed by atoms with Gasteiger partial charge in [0.05, 0.1) is 16.3 Å². The van der Waals surface area contributed by atoms with E-state index in [2.05, 4.69) is 10.2 Å². The van der Waals surface area contributed by atoms with Crippen molar-refractivity contribution < 1.29 is 9.00 Å². The van der Waals surface area contributed by atoms with E-state index in [-0.39, 0.29) is 5.91 Å². The number of hydrogen-bond acceptors (Lipinski definition) is 6. The summed E-state index contributed by atoms with van der Waals surface area (Å²) >= 11 is 1.30. The highest BCUT2D eigenvalue weighted by Gasteiger charge is 2.27. The number of aromatic nitrogens is 2. The molecule has 0 saturated carbocycles. The molecule has 3 heterocycles. The first-order chi connectivity index (χ1) is 14.4. The van der Waals surface area contributed by atoms with E-state index in [1.165, 1.54) is 11.3 Å². The van der Waals surface area contributed by atoms with Gasteiger partial charge in [-0.05, 0) is 44.9 Å². The third kappa shape index (κ3) is 3.84. The van der Waals surface area contributed by atoms with Gasteiger partial charge in [-0.25, -0.2) is 8.51 Å². The Labute approximate surface area is 182 Å². The Hall–Kier alpha value is -2.36. The molecular weight excluding hydrogens is 418 g/mol. The van der Waals surface area contributed by atoms with Gasteiger partial charge in [0.25, 0.3) is 5.91 Å². The number of nitrogens with zero attached hydrogens (tertiary/aromatic N) is 4. The largest absolute Gasteiger partial charge is 0.397 e. The van der Waals surface area contributed by atoms with Crippen LogP contribution in [0.1, 0.15) is 32.9 Å². The number of rotatable bonds is 3. The third-order valence-electron chi connectivity index (χ3n) is 5.53. The van der Waals surface area contributed by atoms with Gasteiger partial charge >= 0.3 is 0 Å². The van der Waals surface area contributed by atoms with Crippen LogP contribution in [0.5, 0.6) is 0 Å². The molecule has 0 aliphatic carbocycles. The summed E-state index contributed by atoms with van der Waals surface area (Å²) in [6.07, 6.45) is 0.756. The smallest absolute Gasteiger partial charge is 0.266 e. The average Bonchev–Trinajstić information content (AvgIpc) is 2.91. The maximum atomic E-state index is 13.2. The van der Waals surface area contributed by atoms with Gasteiger partial charge in [0.15, 0.2) is 0 Å². The lowest BCUT2D eigenvalue weighted by Crippen LogP contribution is -2.35. The highest BCUT2D eigenvalue weighted by atomic mass is 32.2. The standard InChI is InChI=1S/C21H25N5O2S2/c1-13-5-7-16(8-6-13)30(28)26-10-4-9-25(11-12-26)21(27)19-18(22)17-14(2)15(3)23-24-20(17)29-19/h5-8H,4,9-12,22H2,1-3H3. The minimum absolute atomic E-state index is 0.0875. The summed E-state index contributed by atoms with van der Waals surface area (Å²) in [7, 11) is -1.23. The number of hydrogen-bond donors (Lipinski definition) is 1. The zero-order valence-corrected chi connectivity index (χ0v) is 19.0. The quantitative estimate of drug-likeness (QED) is 0.672. The lowest BCUT2D eigenvalue weighted by Gasteiger charge is -2.21. The zero-order chi connectivity index (χ0) is 21.4. The van der Waals surface area contributed by atoms with Crippen LogP contribution in [0.2, 0.25) is 0 Å². The lowest BCUT2D eigenvalue weighted by atomic mass is 10.1. The Morgan fingerprint density at radius 3 is 2.53 bits per heavy atom. The minimum atomic E-state index is -1.23. The summed E-state index contributed by atoms with van der Waals surface area (Å²) < 4.78 is 14.9. The molecule has 4 rings (SSSR count). The van der Waals surface area contributed by atoms with E-state index >= 15 is 0 Å². The van der Waals surface area contributed by atoms with Crippen molar-refractivity contribution in [3.63, 3.8) is 0 Å². The molecule has 3 aromatic rings. The fourth-order valence-electron chi connectivity index (χ4n) is 3.61. The summed E-state index contributed by atoms with van der Waals surface area (Å²) in [5.41, 5.74) is 9.76. The van der Waals surface area contributed by atoms with Crippen molar-refractivity contribution in [1.82, 2.24) is 19.4 Å². The second-order valence-corrected chi connectivity index (χ2v) is 10.1. The fraction of sp³-hybridized carbons (Fsp3) is 0.381. The average molecular weight is 444 g/mol. The molecule has 1 aliphatic rings. The first kappa shape index (κ1) is 20.9. The molecule has 0 spiro atoms. The zero-order valence-electron chi connectivity index (χ0n) is 17.3. The van der Waals surface area contributed by atoms with E-state index in [0.29, 0.717) is 41.6 Å². The van der Waals surface area contributed by atoms with E-state index in [1.54, 1.807) is 0 Å². The summed E-state index contributed by atoms with van der Waals surface area (Å²) in [5.74, 6) is -0.0875. The molecule has 2 aromatic heterocycles. The Morgan fingerprint density at radius 2 is 1.80 bits per heavy atom. The number of fused-ring (bicyclic) bond motifs is 1. The van der Waals surface area contributed by atoms with E-state index in [4.69, 9.17) is 5.73 Å². The highest BCUT2D eigenvalue weighted by molar-refractivity contribution is 7.82. The number of nitrogen functional groups attached to an aromatic ring is 1. The van der Waals surface area contributed by atoms with E-state index in [9.17, 15) is 9.00 Å². The van der Waals surface area contributed by atoms with Gasteiger partial charge in [-0.2, -0.15) is 5.10 Å². The SMILES string of the molecule is Cc1ccc(S(=O)N2CCCN(C(=O)c3sc4nnc(C)c(C)c4c3N)CC2)cc1. The summed E-state index contributed by atoms with van der Waals surface area (Å²) in [5, 5.41) is 9.19. The predicted octanol–water partition coefficient (Wildman–Crippen LogP) is 3.07. The highest BCUT2D eigenvalue weighted by Crippen LogP contribution is 2.35. The van der Waals surface area contributed by atoms with E-state index in [0.717, 1.165) is 33.5 Å². The van der Waals surface area contributed by atoms with Gasteiger partial charge in [0.2, 0.25) is 0 Å². The van der Waals surface area contributed by atoms with Crippen LogP contribution >= 0.6 is 11.3 Å². The second-order valence-electron chi connectivity index (χ2n) is 7.57. The molecule has 1 unspecified atom stereocenters. The summed E-state index contributed by atoms with van der Waals surface area (Å²) in [4.78, 5) is 17.0. The van der Waals surface area contributed by atoms with Crippen molar-refractivity contribution in [3.05, 3.63) is 46.0 Å². The topological polar surface area (TPSA) is 92.4 Å². The van der Waals surface area contributed by atoms with Crippen LogP contribution in [0.25, 0.3) is 10.2 Å². The van der Waals surface area contributed by atoms with Crippen LogP contribution in [-0.4, -0.2) is 55.7 Å². The minimum Gasteiger partial charge on any atom is -0.397 e. The van der Waals surface area contributed by atoms with Crippen molar-refractivity contribution in [2.75, 3.05) is 31.9 Å². The molecule has 1 amide bonds. The van der Waals surface area contributed by atoms with Crippen molar-refractivity contribution in [1.29, 1.82) is 0 Å². The van der Waals surface area contributed by atoms with Crippen molar-refractivity contribution in [2.45, 2.75) is 32.1 Å². The van der Waals surface area contributed by atoms with Crippen LogP contribution in [-0.2, 0) is 11.0 Å². The van der Waals surface area contributed by atoms with Crippen molar-refractivity contribution >= 4 is 44.1 Å². The van der Waals surface area contributed by atoms with Crippen LogP contribution < -0.4 is 5.73 Å². The van der Waals surface area contributed by atoms with Crippen LogP contribution in [0.3, 0.4) is 0 Å². The Bertz CT molecular complexity index is 1130. The van der Waals surface area contributed by atoms with Gasteiger partial charge in [-0.1, -0.05) is 17.7 Å². The molecule has 2 N–H and O–H groups in total. The number of carbonyl (C=O) groups excluding carboxylic acids is 1. The number of amides is 1. The first-order valence-corrected chi connectivity index (χ1v) is 11.8. The molecule has 1 fully saturated rings. The van der Waals surface area contributed by atoms with Crippen molar-refractivity contribution in [3.8, 4) is 0 Å². The molecule has 1 saturated heterocycles. The number of benzene rings is 1. The number of thiophene rings is 1. The monoisotopic (exact) mass is 443 g/mol. The second kappa shape index (κ2) is 8.41. The van der Waals surface area contributed by atoms with Gasteiger partial charge in [-0.3, -0.25) is 4.79 Å². The molecule has 1 aliphatic heterocycles. The van der Waals surface area contributed by atoms with Crippen molar-refractivity contribution in [2.24, 2.45) is 0 Å². The molecule has 158 valence electrons. The lowest BCUT2D eigenvalue weighted by molar-refractivity contribution is 0.0770. The summed E-state index contributed by atoms with van der Waals surface area (Å²) in [6.45, 7) is 8.19. The normalized spacial score (nSPS) is 16.6. The number of carbonyl (C=O) groups is 1. The maximum absolute atomic E-state index is 13.2. The molecule has 0 radical (unpaired) electrons. The fourth-order valence-corrected chi connectivity index (χ4v) is 5.89. The molecule has 0 bridgehead atoms. The van der Waals surface area contributed by atoms with Gasteiger partial charge in [-0.15, -0.1) is 16.4 Å². The molecular formula is C21H25N5O2S2. The third-order valence-corrected chi connectivity index (χ3v) is 8.12.